The summed E-state index contributed by atoms with van der Waals surface area (Å²) in [6.07, 6.45) is 0.582. The summed E-state index contributed by atoms with van der Waals surface area (Å²) in [5, 5.41) is 11.3. The first-order chi connectivity index (χ1) is 15.8. The van der Waals surface area contributed by atoms with Gasteiger partial charge < -0.3 is 19.2 Å². The van der Waals surface area contributed by atoms with Gasteiger partial charge in [-0.3, -0.25) is 4.79 Å². The Kier molecular flexibility index (Phi) is 5.53. The van der Waals surface area contributed by atoms with Gasteiger partial charge in [-0.05, 0) is 29.3 Å². The molecule has 32 heavy (non-hydrogen) atoms. The van der Waals surface area contributed by atoms with E-state index in [1.165, 1.54) is 0 Å². The molecule has 4 aromatic rings. The van der Waals surface area contributed by atoms with Gasteiger partial charge in [-0.25, -0.2) is 0 Å². The van der Waals surface area contributed by atoms with Gasteiger partial charge in [-0.2, -0.15) is 0 Å². The van der Waals surface area contributed by atoms with Crippen LogP contribution in [-0.2, 0) is 11.2 Å². The first-order valence-corrected chi connectivity index (χ1v) is 10.4. The van der Waals surface area contributed by atoms with Crippen LogP contribution in [0, 0.1) is 0 Å². The lowest BCUT2D eigenvalue weighted by atomic mass is 9.98. The summed E-state index contributed by atoms with van der Waals surface area (Å²) in [7, 11) is 0. The number of hydrogen-bond acceptors (Lipinski definition) is 6. The summed E-state index contributed by atoms with van der Waals surface area (Å²) in [5.74, 6) is 2.03. The monoisotopic (exact) mass is 427 g/mol. The summed E-state index contributed by atoms with van der Waals surface area (Å²) < 4.78 is 16.5. The highest BCUT2D eigenvalue weighted by Crippen LogP contribution is 2.35. The van der Waals surface area contributed by atoms with Crippen molar-refractivity contribution in [3.8, 4) is 23.0 Å². The molecule has 0 radical (unpaired) electrons. The summed E-state index contributed by atoms with van der Waals surface area (Å²) in [5.41, 5.74) is 2.79. The van der Waals surface area contributed by atoms with Gasteiger partial charge in [0.15, 0.2) is 11.5 Å². The largest absolute Gasteiger partial charge is 0.454 e. The second kappa shape index (κ2) is 8.93. The fraction of sp³-hybridized carbons (Fsp3) is 0.160. The quantitative estimate of drug-likeness (QED) is 0.473. The molecule has 0 bridgehead atoms. The molecule has 0 fully saturated rings. The van der Waals surface area contributed by atoms with Gasteiger partial charge in [0.05, 0.1) is 6.04 Å². The Morgan fingerprint density at radius 3 is 2.28 bits per heavy atom. The third-order valence-electron chi connectivity index (χ3n) is 5.22. The molecule has 160 valence electrons. The van der Waals surface area contributed by atoms with Crippen LogP contribution in [0.25, 0.3) is 11.5 Å². The lowest BCUT2D eigenvalue weighted by molar-refractivity contribution is -0.121. The number of fused-ring (bicyclic) bond motifs is 1. The maximum absolute atomic E-state index is 12.7. The number of nitrogens with one attached hydrogen (secondary N) is 1. The summed E-state index contributed by atoms with van der Waals surface area (Å²) in [4.78, 5) is 12.7. The number of nitrogens with zero attached hydrogens (tertiary/aromatic N) is 2. The molecule has 7 nitrogen and oxygen atoms in total. The molecule has 1 amide bonds. The highest BCUT2D eigenvalue weighted by atomic mass is 16.7. The molecule has 1 aliphatic heterocycles. The predicted octanol–water partition coefficient (Wildman–Crippen LogP) is 4.30. The average Bonchev–Trinajstić information content (AvgIpc) is 3.51. The third-order valence-corrected chi connectivity index (χ3v) is 5.22. The standard InChI is InChI=1S/C25H21N3O4/c29-22(26-24(17-7-3-1-4-8-17)18-9-5-2-6-10-18)13-14-23-27-28-25(32-23)19-11-12-20-21(15-19)31-16-30-20/h1-12,15,24H,13-14,16H2,(H,26,29). The van der Waals surface area contributed by atoms with Crippen molar-refractivity contribution >= 4 is 5.91 Å². The van der Waals surface area contributed by atoms with Crippen molar-refractivity contribution in [3.63, 3.8) is 0 Å². The van der Waals surface area contributed by atoms with E-state index < -0.39 is 0 Å². The molecule has 3 aromatic carbocycles. The Labute approximate surface area is 185 Å². The van der Waals surface area contributed by atoms with E-state index in [9.17, 15) is 4.79 Å². The second-order valence-corrected chi connectivity index (χ2v) is 7.39. The van der Waals surface area contributed by atoms with Crippen LogP contribution in [-0.4, -0.2) is 22.9 Å². The second-order valence-electron chi connectivity index (χ2n) is 7.39. The topological polar surface area (TPSA) is 86.5 Å². The van der Waals surface area contributed by atoms with Gasteiger partial charge in [0.25, 0.3) is 0 Å². The number of aromatic nitrogens is 2. The van der Waals surface area contributed by atoms with Crippen molar-refractivity contribution in [2.24, 2.45) is 0 Å². The number of ether oxygens (including phenoxy) is 2. The molecule has 0 spiro atoms. The van der Waals surface area contributed by atoms with Crippen LogP contribution < -0.4 is 14.8 Å². The highest BCUT2D eigenvalue weighted by molar-refractivity contribution is 5.77. The van der Waals surface area contributed by atoms with E-state index in [0.717, 1.165) is 16.7 Å². The molecule has 0 atom stereocenters. The Bertz CT molecular complexity index is 1170. The summed E-state index contributed by atoms with van der Waals surface area (Å²) in [6.45, 7) is 0.204. The number of rotatable bonds is 7. The molecule has 1 aliphatic rings. The lowest BCUT2D eigenvalue weighted by Gasteiger charge is -2.19. The SMILES string of the molecule is O=C(CCc1nnc(-c2ccc3c(c2)OCO3)o1)NC(c1ccccc1)c1ccccc1. The minimum Gasteiger partial charge on any atom is -0.454 e. The lowest BCUT2D eigenvalue weighted by Crippen LogP contribution is -2.29. The van der Waals surface area contributed by atoms with Crippen LogP contribution in [0.3, 0.4) is 0 Å². The Hall–Kier alpha value is -4.13. The van der Waals surface area contributed by atoms with Crippen molar-refractivity contribution in [1.82, 2.24) is 15.5 Å². The van der Waals surface area contributed by atoms with Crippen molar-refractivity contribution in [1.29, 1.82) is 0 Å². The van der Waals surface area contributed by atoms with Gasteiger partial charge in [0, 0.05) is 18.4 Å². The molecule has 1 N–H and O–H groups in total. The average molecular weight is 427 g/mol. The number of benzene rings is 3. The first kappa shape index (κ1) is 19.8. The molecule has 0 saturated carbocycles. The van der Waals surface area contributed by atoms with E-state index in [2.05, 4.69) is 15.5 Å². The van der Waals surface area contributed by atoms with Gasteiger partial charge >= 0.3 is 0 Å². The molecular weight excluding hydrogens is 406 g/mol. The predicted molar refractivity (Wildman–Crippen MR) is 117 cm³/mol. The van der Waals surface area contributed by atoms with Crippen molar-refractivity contribution in [2.75, 3.05) is 6.79 Å². The van der Waals surface area contributed by atoms with Crippen molar-refractivity contribution in [3.05, 3.63) is 95.9 Å². The number of amides is 1. The Morgan fingerprint density at radius 1 is 0.875 bits per heavy atom. The number of carbonyl (C=O) groups is 1. The van der Waals surface area contributed by atoms with Gasteiger partial charge in [0.1, 0.15) is 0 Å². The third kappa shape index (κ3) is 4.32. The fourth-order valence-electron chi connectivity index (χ4n) is 3.60. The zero-order valence-electron chi connectivity index (χ0n) is 17.2. The zero-order chi connectivity index (χ0) is 21.8. The van der Waals surface area contributed by atoms with E-state index in [0.29, 0.717) is 29.7 Å². The van der Waals surface area contributed by atoms with Crippen LogP contribution in [0.2, 0.25) is 0 Å². The van der Waals surface area contributed by atoms with E-state index in [1.807, 2.05) is 72.8 Å². The number of hydrogen-bond donors (Lipinski definition) is 1. The smallest absolute Gasteiger partial charge is 0.247 e. The van der Waals surface area contributed by atoms with Crippen molar-refractivity contribution in [2.45, 2.75) is 18.9 Å². The minimum atomic E-state index is -0.225. The number of carbonyl (C=O) groups excluding carboxylic acids is 1. The van der Waals surface area contributed by atoms with E-state index in [-0.39, 0.29) is 25.2 Å². The van der Waals surface area contributed by atoms with Crippen molar-refractivity contribution < 1.29 is 18.7 Å². The summed E-state index contributed by atoms with van der Waals surface area (Å²) >= 11 is 0. The number of aryl methyl sites for hydroxylation is 1. The molecule has 7 heteroatoms. The Morgan fingerprint density at radius 2 is 1.56 bits per heavy atom. The molecule has 2 heterocycles. The molecular formula is C25H21N3O4. The fourth-order valence-corrected chi connectivity index (χ4v) is 3.60. The van der Waals surface area contributed by atoms with Crippen LogP contribution in [0.4, 0.5) is 0 Å². The van der Waals surface area contributed by atoms with Crippen LogP contribution in [0.1, 0.15) is 29.5 Å². The highest BCUT2D eigenvalue weighted by Gasteiger charge is 2.19. The van der Waals surface area contributed by atoms with Crippen LogP contribution >= 0.6 is 0 Å². The van der Waals surface area contributed by atoms with E-state index in [4.69, 9.17) is 13.9 Å². The molecule has 1 aromatic heterocycles. The van der Waals surface area contributed by atoms with Crippen LogP contribution in [0.5, 0.6) is 11.5 Å². The first-order valence-electron chi connectivity index (χ1n) is 10.4. The molecule has 0 aliphatic carbocycles. The van der Waals surface area contributed by atoms with Gasteiger partial charge in [-0.15, -0.1) is 10.2 Å². The van der Waals surface area contributed by atoms with E-state index >= 15 is 0 Å². The molecule has 0 unspecified atom stereocenters. The summed E-state index contributed by atoms with van der Waals surface area (Å²) in [6, 6.07) is 25.0. The zero-order valence-corrected chi connectivity index (χ0v) is 17.2. The Balaban J connectivity index is 1.24. The van der Waals surface area contributed by atoms with Gasteiger partial charge in [0.2, 0.25) is 24.5 Å². The minimum absolute atomic E-state index is 0.0921. The maximum atomic E-state index is 12.7. The normalized spacial score (nSPS) is 12.2. The van der Waals surface area contributed by atoms with E-state index in [1.54, 1.807) is 6.07 Å². The van der Waals surface area contributed by atoms with Gasteiger partial charge in [-0.1, -0.05) is 60.7 Å². The van der Waals surface area contributed by atoms with Crippen LogP contribution in [0.15, 0.2) is 83.3 Å². The molecule has 5 rings (SSSR count). The molecule has 0 saturated heterocycles. The maximum Gasteiger partial charge on any atom is 0.247 e.